The Hall–Kier alpha value is -1.71. The van der Waals surface area contributed by atoms with Gasteiger partial charge in [0.1, 0.15) is 5.75 Å². The molecule has 1 aliphatic heterocycles. The molecule has 4 heteroatoms. The average Bonchev–Trinajstić information content (AvgIpc) is 2.39. The van der Waals surface area contributed by atoms with E-state index >= 15 is 0 Å². The molecular formula is C15H21NO3. The van der Waals surface area contributed by atoms with Crippen LogP contribution >= 0.6 is 0 Å². The Morgan fingerprint density at radius 1 is 1.37 bits per heavy atom. The monoisotopic (exact) mass is 263 g/mol. The molecule has 1 N–H and O–H groups in total. The van der Waals surface area contributed by atoms with Gasteiger partial charge in [0, 0.05) is 18.8 Å². The molecule has 1 unspecified atom stereocenters. The van der Waals surface area contributed by atoms with E-state index in [0.717, 1.165) is 30.8 Å². The van der Waals surface area contributed by atoms with Crippen LogP contribution in [0.3, 0.4) is 0 Å². The molecule has 1 heterocycles. The number of benzene rings is 1. The largest absolute Gasteiger partial charge is 0.491 e. The molecule has 0 amide bonds. The summed E-state index contributed by atoms with van der Waals surface area (Å²) in [5.41, 5.74) is 1.07. The Morgan fingerprint density at radius 2 is 2.05 bits per heavy atom. The second-order valence-corrected chi connectivity index (χ2v) is 5.28. The van der Waals surface area contributed by atoms with E-state index in [1.54, 1.807) is 0 Å². The van der Waals surface area contributed by atoms with Gasteiger partial charge in [0.15, 0.2) is 0 Å². The zero-order valence-electron chi connectivity index (χ0n) is 11.5. The summed E-state index contributed by atoms with van der Waals surface area (Å²) in [6.07, 6.45) is 1.87. The number of piperidine rings is 1. The molecule has 4 nitrogen and oxygen atoms in total. The average molecular weight is 263 g/mol. The molecule has 1 aromatic carbocycles. The third-order valence-electron chi connectivity index (χ3n) is 3.34. The van der Waals surface area contributed by atoms with Gasteiger partial charge in [-0.3, -0.25) is 4.79 Å². The Balaban J connectivity index is 2.03. The minimum absolute atomic E-state index is 0.164. The van der Waals surface area contributed by atoms with E-state index in [4.69, 9.17) is 9.84 Å². The van der Waals surface area contributed by atoms with Gasteiger partial charge in [0.25, 0.3) is 0 Å². The van der Waals surface area contributed by atoms with Gasteiger partial charge in [-0.05, 0) is 51.0 Å². The highest BCUT2D eigenvalue weighted by Crippen LogP contribution is 2.25. The second-order valence-electron chi connectivity index (χ2n) is 5.28. The van der Waals surface area contributed by atoms with Crippen molar-refractivity contribution in [3.05, 3.63) is 24.3 Å². The van der Waals surface area contributed by atoms with E-state index in [2.05, 4.69) is 4.90 Å². The molecule has 2 rings (SSSR count). The highest BCUT2D eigenvalue weighted by molar-refractivity contribution is 5.71. The molecule has 0 aliphatic carbocycles. The number of carbonyl (C=O) groups is 1. The summed E-state index contributed by atoms with van der Waals surface area (Å²) in [6, 6.07) is 7.89. The van der Waals surface area contributed by atoms with Crippen molar-refractivity contribution in [2.24, 2.45) is 5.92 Å². The first-order valence-corrected chi connectivity index (χ1v) is 6.80. The summed E-state index contributed by atoms with van der Waals surface area (Å²) in [6.45, 7) is 5.51. The van der Waals surface area contributed by atoms with Crippen molar-refractivity contribution in [2.45, 2.75) is 32.8 Å². The third kappa shape index (κ3) is 3.63. The lowest BCUT2D eigenvalue weighted by molar-refractivity contribution is -0.141. The van der Waals surface area contributed by atoms with Gasteiger partial charge in [0.2, 0.25) is 0 Å². The molecule has 1 atom stereocenters. The molecule has 0 aromatic heterocycles. The molecule has 1 saturated heterocycles. The predicted octanol–water partition coefficient (Wildman–Crippen LogP) is 2.77. The highest BCUT2D eigenvalue weighted by atomic mass is 16.5. The van der Waals surface area contributed by atoms with Crippen molar-refractivity contribution in [1.82, 2.24) is 0 Å². The van der Waals surface area contributed by atoms with Crippen molar-refractivity contribution < 1.29 is 14.6 Å². The summed E-state index contributed by atoms with van der Waals surface area (Å²) < 4.78 is 5.60. The zero-order valence-corrected chi connectivity index (χ0v) is 11.5. The third-order valence-corrected chi connectivity index (χ3v) is 3.34. The normalized spacial score (nSPS) is 19.5. The van der Waals surface area contributed by atoms with Crippen molar-refractivity contribution in [3.63, 3.8) is 0 Å². The SMILES string of the molecule is CC(C)Oc1ccc(N2CCCC(C(=O)O)C2)cc1. The first-order valence-electron chi connectivity index (χ1n) is 6.80. The van der Waals surface area contributed by atoms with E-state index in [1.165, 1.54) is 0 Å². The molecule has 104 valence electrons. The summed E-state index contributed by atoms with van der Waals surface area (Å²) in [5.74, 6) is -0.0876. The number of carboxylic acid groups (broad SMARTS) is 1. The van der Waals surface area contributed by atoms with Gasteiger partial charge in [-0.2, -0.15) is 0 Å². The maximum absolute atomic E-state index is 11.1. The number of carboxylic acids is 1. The van der Waals surface area contributed by atoms with Crippen LogP contribution in [-0.4, -0.2) is 30.3 Å². The fraction of sp³-hybridized carbons (Fsp3) is 0.533. The fourth-order valence-corrected chi connectivity index (χ4v) is 2.42. The lowest BCUT2D eigenvalue weighted by atomic mass is 9.98. The van der Waals surface area contributed by atoms with Gasteiger partial charge in [-0.1, -0.05) is 0 Å². The first-order chi connectivity index (χ1) is 9.06. The molecular weight excluding hydrogens is 242 g/mol. The molecule has 19 heavy (non-hydrogen) atoms. The van der Waals surface area contributed by atoms with E-state index in [9.17, 15) is 4.79 Å². The van der Waals surface area contributed by atoms with Crippen molar-refractivity contribution in [3.8, 4) is 5.75 Å². The van der Waals surface area contributed by atoms with E-state index in [0.29, 0.717) is 6.54 Å². The van der Waals surface area contributed by atoms with Gasteiger partial charge in [0.05, 0.1) is 12.0 Å². The molecule has 1 fully saturated rings. The summed E-state index contributed by atoms with van der Waals surface area (Å²) in [4.78, 5) is 13.2. The molecule has 0 saturated carbocycles. The van der Waals surface area contributed by atoms with E-state index < -0.39 is 5.97 Å². The van der Waals surface area contributed by atoms with Crippen LogP contribution in [0.25, 0.3) is 0 Å². The topological polar surface area (TPSA) is 49.8 Å². The van der Waals surface area contributed by atoms with Crippen molar-refractivity contribution in [2.75, 3.05) is 18.0 Å². The number of anilines is 1. The maximum atomic E-state index is 11.1. The van der Waals surface area contributed by atoms with Gasteiger partial charge in [-0.15, -0.1) is 0 Å². The minimum atomic E-state index is -0.690. The number of ether oxygens (including phenoxy) is 1. The van der Waals surface area contributed by atoms with Crippen LogP contribution < -0.4 is 9.64 Å². The van der Waals surface area contributed by atoms with Crippen LogP contribution in [0, 0.1) is 5.92 Å². The molecule has 1 aliphatic rings. The number of aliphatic carboxylic acids is 1. The standard InChI is InChI=1S/C15H21NO3/c1-11(2)19-14-7-5-13(6-8-14)16-9-3-4-12(10-16)15(17)18/h5-8,11-12H,3-4,9-10H2,1-2H3,(H,17,18). The highest BCUT2D eigenvalue weighted by Gasteiger charge is 2.25. The van der Waals surface area contributed by atoms with Crippen LogP contribution in [-0.2, 0) is 4.79 Å². The second kappa shape index (κ2) is 5.95. The first kappa shape index (κ1) is 13.7. The lowest BCUT2D eigenvalue weighted by Gasteiger charge is -2.32. The van der Waals surface area contributed by atoms with E-state index in [-0.39, 0.29) is 12.0 Å². The van der Waals surface area contributed by atoms with Crippen LogP contribution in [0.1, 0.15) is 26.7 Å². The minimum Gasteiger partial charge on any atom is -0.491 e. The zero-order chi connectivity index (χ0) is 13.8. The molecule has 0 spiro atoms. The van der Waals surface area contributed by atoms with Crippen LogP contribution in [0.15, 0.2) is 24.3 Å². The van der Waals surface area contributed by atoms with Crippen LogP contribution in [0.5, 0.6) is 5.75 Å². The quantitative estimate of drug-likeness (QED) is 0.907. The Kier molecular flexibility index (Phi) is 4.30. The lowest BCUT2D eigenvalue weighted by Crippen LogP contribution is -2.38. The Bertz CT molecular complexity index is 428. The number of hydrogen-bond acceptors (Lipinski definition) is 3. The van der Waals surface area contributed by atoms with Gasteiger partial charge < -0.3 is 14.7 Å². The summed E-state index contributed by atoms with van der Waals surface area (Å²) >= 11 is 0. The van der Waals surface area contributed by atoms with Crippen molar-refractivity contribution >= 4 is 11.7 Å². The van der Waals surface area contributed by atoms with Gasteiger partial charge >= 0.3 is 5.97 Å². The fourth-order valence-electron chi connectivity index (χ4n) is 2.42. The number of rotatable bonds is 4. The Labute approximate surface area is 114 Å². The Morgan fingerprint density at radius 3 is 2.63 bits per heavy atom. The van der Waals surface area contributed by atoms with Crippen molar-refractivity contribution in [1.29, 1.82) is 0 Å². The maximum Gasteiger partial charge on any atom is 0.308 e. The molecule has 1 aromatic rings. The summed E-state index contributed by atoms with van der Waals surface area (Å²) in [7, 11) is 0. The van der Waals surface area contributed by atoms with Gasteiger partial charge in [-0.25, -0.2) is 0 Å². The molecule has 0 radical (unpaired) electrons. The predicted molar refractivity (Wildman–Crippen MR) is 74.8 cm³/mol. The molecule has 0 bridgehead atoms. The van der Waals surface area contributed by atoms with E-state index in [1.807, 2.05) is 38.1 Å². The number of nitrogens with zero attached hydrogens (tertiary/aromatic N) is 1. The van der Waals surface area contributed by atoms with Crippen LogP contribution in [0.4, 0.5) is 5.69 Å². The van der Waals surface area contributed by atoms with Crippen LogP contribution in [0.2, 0.25) is 0 Å². The smallest absolute Gasteiger partial charge is 0.308 e. The number of hydrogen-bond donors (Lipinski definition) is 1. The summed E-state index contributed by atoms with van der Waals surface area (Å²) in [5, 5.41) is 9.10.